The molecule has 2 rings (SSSR count). The summed E-state index contributed by atoms with van der Waals surface area (Å²) in [6.07, 6.45) is 9.68. The lowest BCUT2D eigenvalue weighted by Crippen LogP contribution is -2.41. The van der Waals surface area contributed by atoms with Gasteiger partial charge < -0.3 is 15.4 Å². The predicted octanol–water partition coefficient (Wildman–Crippen LogP) is 2.20. The second-order valence-corrected chi connectivity index (χ2v) is 10.1. The van der Waals surface area contributed by atoms with Gasteiger partial charge in [0.05, 0.1) is 12.4 Å². The molecule has 1 atom stereocenters. The number of hydrogen-bond acceptors (Lipinski definition) is 4. The molecule has 1 aliphatic heterocycles. The number of nitrogens with one attached hydrogen (secondary N) is 2. The van der Waals surface area contributed by atoms with Crippen LogP contribution in [-0.2, 0) is 14.8 Å². The molecule has 1 saturated carbocycles. The minimum atomic E-state index is -3.06. The van der Waals surface area contributed by atoms with Crippen LogP contribution in [0, 0.1) is 11.8 Å². The molecule has 0 aromatic heterocycles. The molecule has 0 spiro atoms. The summed E-state index contributed by atoms with van der Waals surface area (Å²) in [7, 11) is -3.06. The Morgan fingerprint density at radius 1 is 1.14 bits per heavy atom. The smallest absolute Gasteiger partial charge is 0.211 e. The first-order valence-corrected chi connectivity index (χ1v) is 12.9. The zero-order valence-electron chi connectivity index (χ0n) is 18.0. The van der Waals surface area contributed by atoms with Gasteiger partial charge >= 0.3 is 0 Å². The summed E-state index contributed by atoms with van der Waals surface area (Å²) in [4.78, 5) is 4.75. The van der Waals surface area contributed by atoms with Crippen LogP contribution in [0.3, 0.4) is 0 Å². The normalized spacial score (nSPS) is 21.8. The van der Waals surface area contributed by atoms with E-state index in [2.05, 4.69) is 24.5 Å². The molecule has 1 aliphatic carbocycles. The van der Waals surface area contributed by atoms with Crippen molar-refractivity contribution in [3.8, 4) is 0 Å². The third-order valence-corrected chi connectivity index (χ3v) is 7.23. The van der Waals surface area contributed by atoms with Crippen molar-refractivity contribution >= 4 is 16.0 Å². The van der Waals surface area contributed by atoms with Crippen LogP contribution in [0.5, 0.6) is 0 Å². The van der Waals surface area contributed by atoms with E-state index in [0.29, 0.717) is 31.0 Å². The summed E-state index contributed by atoms with van der Waals surface area (Å²) in [5.41, 5.74) is 0. The molecule has 164 valence electrons. The molecule has 0 radical (unpaired) electrons. The van der Waals surface area contributed by atoms with E-state index >= 15 is 0 Å². The first kappa shape index (κ1) is 23.4. The van der Waals surface area contributed by atoms with Gasteiger partial charge in [0.1, 0.15) is 0 Å². The van der Waals surface area contributed by atoms with Gasteiger partial charge in [-0.15, -0.1) is 0 Å². The molecule has 28 heavy (non-hydrogen) atoms. The summed E-state index contributed by atoms with van der Waals surface area (Å²) in [5.74, 6) is 2.01. The van der Waals surface area contributed by atoms with Crippen LogP contribution in [0.25, 0.3) is 0 Å². The zero-order valence-corrected chi connectivity index (χ0v) is 18.8. The van der Waals surface area contributed by atoms with Crippen molar-refractivity contribution < 1.29 is 13.2 Å². The van der Waals surface area contributed by atoms with Gasteiger partial charge in [0.25, 0.3) is 0 Å². The Kier molecular flexibility index (Phi) is 10.0. The molecule has 0 aromatic carbocycles. The SMILES string of the molecule is CCNC(=NCC1CCN(S(C)(=O)=O)CC1)NCCC(OCC)C1CCCC1. The maximum absolute atomic E-state index is 11.6. The first-order chi connectivity index (χ1) is 13.4. The van der Waals surface area contributed by atoms with E-state index in [-0.39, 0.29) is 0 Å². The van der Waals surface area contributed by atoms with Gasteiger partial charge in [-0.25, -0.2) is 12.7 Å². The Bertz CT molecular complexity index is 568. The van der Waals surface area contributed by atoms with Crippen molar-refractivity contribution in [3.63, 3.8) is 0 Å². The average molecular weight is 417 g/mol. The van der Waals surface area contributed by atoms with Crippen LogP contribution in [-0.4, -0.2) is 70.4 Å². The van der Waals surface area contributed by atoms with Gasteiger partial charge in [0.15, 0.2) is 5.96 Å². The standard InChI is InChI=1S/C20H40N4O3S/c1-4-21-20(22-13-10-19(27-5-2)18-8-6-7-9-18)23-16-17-11-14-24(15-12-17)28(3,25)26/h17-19H,4-16H2,1-3H3,(H2,21,22,23). The van der Waals surface area contributed by atoms with Crippen molar-refractivity contribution in [1.82, 2.24) is 14.9 Å². The van der Waals surface area contributed by atoms with Gasteiger partial charge in [-0.3, -0.25) is 4.99 Å². The fourth-order valence-corrected chi connectivity index (χ4v) is 5.19. The molecule has 1 saturated heterocycles. The summed E-state index contributed by atoms with van der Waals surface area (Å²) < 4.78 is 30.8. The highest BCUT2D eigenvalue weighted by atomic mass is 32.2. The molecule has 1 heterocycles. The summed E-state index contributed by atoms with van der Waals surface area (Å²) in [6.45, 7) is 8.58. The quantitative estimate of drug-likeness (QED) is 0.421. The second-order valence-electron chi connectivity index (χ2n) is 8.08. The lowest BCUT2D eigenvalue weighted by molar-refractivity contribution is 0.0169. The number of hydrogen-bond donors (Lipinski definition) is 2. The largest absolute Gasteiger partial charge is 0.378 e. The molecule has 0 bridgehead atoms. The van der Waals surface area contributed by atoms with E-state index in [1.807, 2.05) is 0 Å². The van der Waals surface area contributed by atoms with E-state index < -0.39 is 10.0 Å². The number of piperidine rings is 1. The number of sulfonamides is 1. The highest BCUT2D eigenvalue weighted by molar-refractivity contribution is 7.88. The molecule has 0 aromatic rings. The molecule has 7 nitrogen and oxygen atoms in total. The van der Waals surface area contributed by atoms with Crippen molar-refractivity contribution in [3.05, 3.63) is 0 Å². The van der Waals surface area contributed by atoms with Crippen molar-refractivity contribution in [2.45, 2.75) is 64.9 Å². The van der Waals surface area contributed by atoms with Crippen molar-refractivity contribution in [1.29, 1.82) is 0 Å². The third kappa shape index (κ3) is 7.87. The highest BCUT2D eigenvalue weighted by Crippen LogP contribution is 2.30. The number of ether oxygens (including phenoxy) is 1. The van der Waals surface area contributed by atoms with E-state index in [9.17, 15) is 8.42 Å². The number of aliphatic imine (C=N–C) groups is 1. The van der Waals surface area contributed by atoms with Crippen LogP contribution >= 0.6 is 0 Å². The molecule has 2 aliphatic rings. The summed E-state index contributed by atoms with van der Waals surface area (Å²) in [6, 6.07) is 0. The number of nitrogens with zero attached hydrogens (tertiary/aromatic N) is 2. The maximum atomic E-state index is 11.6. The van der Waals surface area contributed by atoms with Gasteiger partial charge in [-0.05, 0) is 57.8 Å². The lowest BCUT2D eigenvalue weighted by atomic mass is 9.98. The van der Waals surface area contributed by atoms with E-state index in [4.69, 9.17) is 9.73 Å². The Morgan fingerprint density at radius 3 is 2.39 bits per heavy atom. The van der Waals surface area contributed by atoms with Crippen LogP contribution < -0.4 is 10.6 Å². The van der Waals surface area contributed by atoms with Crippen molar-refractivity contribution in [2.75, 3.05) is 45.6 Å². The minimum Gasteiger partial charge on any atom is -0.378 e. The monoisotopic (exact) mass is 416 g/mol. The van der Waals surface area contributed by atoms with Crippen LogP contribution in [0.15, 0.2) is 4.99 Å². The molecule has 1 unspecified atom stereocenters. The van der Waals surface area contributed by atoms with Crippen molar-refractivity contribution in [2.24, 2.45) is 16.8 Å². The Labute approximate surface area is 171 Å². The minimum absolute atomic E-state index is 0.350. The van der Waals surface area contributed by atoms with Gasteiger partial charge in [0.2, 0.25) is 10.0 Å². The van der Waals surface area contributed by atoms with Crippen LogP contribution in [0.1, 0.15) is 58.8 Å². The fraction of sp³-hybridized carbons (Fsp3) is 0.950. The topological polar surface area (TPSA) is 83.0 Å². The molecule has 2 fully saturated rings. The second kappa shape index (κ2) is 12.0. The summed E-state index contributed by atoms with van der Waals surface area (Å²) in [5, 5.41) is 6.78. The molecular formula is C20H40N4O3S. The van der Waals surface area contributed by atoms with E-state index in [1.54, 1.807) is 4.31 Å². The third-order valence-electron chi connectivity index (χ3n) is 5.92. The number of guanidine groups is 1. The van der Waals surface area contributed by atoms with Crippen LogP contribution in [0.4, 0.5) is 0 Å². The Hall–Kier alpha value is -0.860. The molecule has 2 N–H and O–H groups in total. The van der Waals surface area contributed by atoms with Gasteiger partial charge in [-0.2, -0.15) is 0 Å². The maximum Gasteiger partial charge on any atom is 0.211 e. The Balaban J connectivity index is 1.77. The van der Waals surface area contributed by atoms with Gasteiger partial charge in [0, 0.05) is 39.3 Å². The lowest BCUT2D eigenvalue weighted by Gasteiger charge is -2.29. The summed E-state index contributed by atoms with van der Waals surface area (Å²) >= 11 is 0. The molecular weight excluding hydrogens is 376 g/mol. The van der Waals surface area contributed by atoms with Crippen LogP contribution in [0.2, 0.25) is 0 Å². The highest BCUT2D eigenvalue weighted by Gasteiger charge is 2.26. The molecule has 8 heteroatoms. The average Bonchev–Trinajstić information content (AvgIpc) is 3.19. The molecule has 0 amide bonds. The van der Waals surface area contributed by atoms with Gasteiger partial charge in [-0.1, -0.05) is 12.8 Å². The van der Waals surface area contributed by atoms with E-state index in [0.717, 1.165) is 51.5 Å². The Morgan fingerprint density at radius 2 is 1.82 bits per heavy atom. The fourth-order valence-electron chi connectivity index (χ4n) is 4.32. The number of rotatable bonds is 10. The predicted molar refractivity (Wildman–Crippen MR) is 115 cm³/mol. The zero-order chi connectivity index (χ0) is 20.4. The van der Waals surface area contributed by atoms with E-state index in [1.165, 1.54) is 31.9 Å². The first-order valence-electron chi connectivity index (χ1n) is 11.0.